The second-order valence-electron chi connectivity index (χ2n) is 5.35. The molecule has 0 saturated carbocycles. The Morgan fingerprint density at radius 1 is 1.09 bits per heavy atom. The molecule has 0 amide bonds. The fourth-order valence-corrected chi connectivity index (χ4v) is 2.79. The highest BCUT2D eigenvalue weighted by molar-refractivity contribution is 5.83. The summed E-state index contributed by atoms with van der Waals surface area (Å²) in [5.74, 6) is 1.74. The second-order valence-corrected chi connectivity index (χ2v) is 5.35. The fourth-order valence-electron chi connectivity index (χ4n) is 2.79. The van der Waals surface area contributed by atoms with Gasteiger partial charge in [0.05, 0.1) is 7.11 Å². The standard InChI is InChI=1S/C18H16N4O/c1-23-15-8-6-14(7-9-15)22-12-20-21-18(22)10-13-11-19-17-5-3-2-4-16(13)17/h2-9,11-12,19H,10H2,1H3. The van der Waals surface area contributed by atoms with E-state index in [4.69, 9.17) is 4.74 Å². The summed E-state index contributed by atoms with van der Waals surface area (Å²) < 4.78 is 7.21. The van der Waals surface area contributed by atoms with Gasteiger partial charge in [0.2, 0.25) is 0 Å². The summed E-state index contributed by atoms with van der Waals surface area (Å²) in [6.07, 6.45) is 4.50. The summed E-state index contributed by atoms with van der Waals surface area (Å²) in [6.45, 7) is 0. The summed E-state index contributed by atoms with van der Waals surface area (Å²) in [7, 11) is 1.66. The maximum atomic E-state index is 5.21. The third-order valence-electron chi connectivity index (χ3n) is 3.99. The Hall–Kier alpha value is -3.08. The lowest BCUT2D eigenvalue weighted by molar-refractivity contribution is 0.414. The average Bonchev–Trinajstić information content (AvgIpc) is 3.23. The molecule has 2 heterocycles. The zero-order valence-corrected chi connectivity index (χ0v) is 12.7. The van der Waals surface area contributed by atoms with Gasteiger partial charge in [-0.3, -0.25) is 4.57 Å². The Kier molecular flexibility index (Phi) is 3.31. The van der Waals surface area contributed by atoms with Gasteiger partial charge in [-0.2, -0.15) is 0 Å². The molecule has 4 rings (SSSR count). The summed E-state index contributed by atoms with van der Waals surface area (Å²) in [6, 6.07) is 16.1. The normalized spacial score (nSPS) is 11.0. The van der Waals surface area contributed by atoms with E-state index >= 15 is 0 Å². The van der Waals surface area contributed by atoms with E-state index in [2.05, 4.69) is 27.3 Å². The number of methoxy groups -OCH3 is 1. The average molecular weight is 304 g/mol. The lowest BCUT2D eigenvalue weighted by Gasteiger charge is -2.07. The van der Waals surface area contributed by atoms with Gasteiger partial charge in [-0.1, -0.05) is 18.2 Å². The zero-order chi connectivity index (χ0) is 15.6. The molecule has 2 aromatic carbocycles. The Morgan fingerprint density at radius 2 is 1.91 bits per heavy atom. The lowest BCUT2D eigenvalue weighted by atomic mass is 10.1. The number of benzene rings is 2. The van der Waals surface area contributed by atoms with Crippen LogP contribution in [0.5, 0.6) is 5.75 Å². The Labute approximate surface area is 133 Å². The molecule has 0 radical (unpaired) electrons. The van der Waals surface area contributed by atoms with E-state index in [1.165, 1.54) is 10.9 Å². The summed E-state index contributed by atoms with van der Waals surface area (Å²) in [4.78, 5) is 3.30. The molecule has 2 aromatic heterocycles. The third-order valence-corrected chi connectivity index (χ3v) is 3.99. The number of H-pyrrole nitrogens is 1. The summed E-state index contributed by atoms with van der Waals surface area (Å²) >= 11 is 0. The molecule has 0 aliphatic carbocycles. The molecule has 23 heavy (non-hydrogen) atoms. The molecule has 0 spiro atoms. The number of hydrogen-bond acceptors (Lipinski definition) is 3. The number of nitrogens with zero attached hydrogens (tertiary/aromatic N) is 3. The minimum atomic E-state index is 0.718. The largest absolute Gasteiger partial charge is 0.497 e. The summed E-state index contributed by atoms with van der Waals surface area (Å²) in [5, 5.41) is 9.58. The van der Waals surface area contributed by atoms with Crippen molar-refractivity contribution in [1.82, 2.24) is 19.7 Å². The lowest BCUT2D eigenvalue weighted by Crippen LogP contribution is -2.01. The minimum absolute atomic E-state index is 0.718. The van der Waals surface area contributed by atoms with E-state index < -0.39 is 0 Å². The number of nitrogens with one attached hydrogen (secondary N) is 1. The van der Waals surface area contributed by atoms with Crippen LogP contribution < -0.4 is 4.74 Å². The van der Waals surface area contributed by atoms with Gasteiger partial charge >= 0.3 is 0 Å². The van der Waals surface area contributed by atoms with Crippen molar-refractivity contribution in [2.45, 2.75) is 6.42 Å². The second kappa shape index (κ2) is 5.61. The first kappa shape index (κ1) is 13.6. The molecule has 0 fully saturated rings. The number of hydrogen-bond donors (Lipinski definition) is 1. The van der Waals surface area contributed by atoms with Gasteiger partial charge in [-0.05, 0) is 35.9 Å². The van der Waals surface area contributed by atoms with Crippen LogP contribution in [-0.4, -0.2) is 26.9 Å². The number of aromatic nitrogens is 4. The molecule has 5 nitrogen and oxygen atoms in total. The van der Waals surface area contributed by atoms with Crippen molar-refractivity contribution in [3.63, 3.8) is 0 Å². The molecule has 0 atom stereocenters. The Bertz CT molecular complexity index is 937. The molecular formula is C18H16N4O. The highest BCUT2D eigenvalue weighted by atomic mass is 16.5. The van der Waals surface area contributed by atoms with Gasteiger partial charge in [-0.25, -0.2) is 0 Å². The van der Waals surface area contributed by atoms with Crippen LogP contribution in [0.15, 0.2) is 61.1 Å². The Morgan fingerprint density at radius 3 is 2.74 bits per heavy atom. The van der Waals surface area contributed by atoms with Crippen LogP contribution in [0.25, 0.3) is 16.6 Å². The highest BCUT2D eigenvalue weighted by Gasteiger charge is 2.10. The molecule has 4 aromatic rings. The first-order chi connectivity index (χ1) is 11.3. The van der Waals surface area contributed by atoms with Crippen molar-refractivity contribution in [1.29, 1.82) is 0 Å². The fraction of sp³-hybridized carbons (Fsp3) is 0.111. The van der Waals surface area contributed by atoms with Crippen LogP contribution in [-0.2, 0) is 6.42 Å². The van der Waals surface area contributed by atoms with E-state index in [0.717, 1.165) is 29.2 Å². The maximum Gasteiger partial charge on any atom is 0.141 e. The summed E-state index contributed by atoms with van der Waals surface area (Å²) in [5.41, 5.74) is 3.37. The van der Waals surface area contributed by atoms with Crippen LogP contribution in [0.1, 0.15) is 11.4 Å². The predicted octanol–water partition coefficient (Wildman–Crippen LogP) is 3.35. The molecule has 0 saturated heterocycles. The van der Waals surface area contributed by atoms with E-state index in [9.17, 15) is 0 Å². The van der Waals surface area contributed by atoms with Crippen LogP contribution >= 0.6 is 0 Å². The van der Waals surface area contributed by atoms with E-state index in [1.807, 2.05) is 47.2 Å². The monoisotopic (exact) mass is 304 g/mol. The maximum absolute atomic E-state index is 5.21. The topological polar surface area (TPSA) is 55.7 Å². The van der Waals surface area contributed by atoms with Gasteiger partial charge in [0.15, 0.2) is 0 Å². The number of aromatic amines is 1. The highest BCUT2D eigenvalue weighted by Crippen LogP contribution is 2.22. The van der Waals surface area contributed by atoms with Gasteiger partial charge in [-0.15, -0.1) is 10.2 Å². The molecule has 5 heteroatoms. The van der Waals surface area contributed by atoms with E-state index in [0.29, 0.717) is 0 Å². The van der Waals surface area contributed by atoms with Crippen molar-refractivity contribution < 1.29 is 4.74 Å². The molecule has 0 unspecified atom stereocenters. The van der Waals surface area contributed by atoms with Gasteiger partial charge < -0.3 is 9.72 Å². The van der Waals surface area contributed by atoms with E-state index in [1.54, 1.807) is 13.4 Å². The van der Waals surface area contributed by atoms with Gasteiger partial charge in [0, 0.05) is 29.2 Å². The number of para-hydroxylation sites is 1. The quantitative estimate of drug-likeness (QED) is 0.629. The van der Waals surface area contributed by atoms with Crippen molar-refractivity contribution >= 4 is 10.9 Å². The van der Waals surface area contributed by atoms with Crippen molar-refractivity contribution in [3.05, 3.63) is 72.4 Å². The van der Waals surface area contributed by atoms with Gasteiger partial charge in [0.1, 0.15) is 17.9 Å². The predicted molar refractivity (Wildman–Crippen MR) is 89.0 cm³/mol. The number of fused-ring (bicyclic) bond motifs is 1. The smallest absolute Gasteiger partial charge is 0.141 e. The van der Waals surface area contributed by atoms with Gasteiger partial charge in [0.25, 0.3) is 0 Å². The van der Waals surface area contributed by atoms with Crippen LogP contribution in [0.3, 0.4) is 0 Å². The van der Waals surface area contributed by atoms with Crippen molar-refractivity contribution in [3.8, 4) is 11.4 Å². The third kappa shape index (κ3) is 2.46. The minimum Gasteiger partial charge on any atom is -0.497 e. The molecule has 0 aliphatic heterocycles. The van der Waals surface area contributed by atoms with Crippen molar-refractivity contribution in [2.75, 3.05) is 7.11 Å². The van der Waals surface area contributed by atoms with E-state index in [-0.39, 0.29) is 0 Å². The molecule has 0 bridgehead atoms. The SMILES string of the molecule is COc1ccc(-n2cnnc2Cc2c[nH]c3ccccc23)cc1. The van der Waals surface area contributed by atoms with Crippen LogP contribution in [0.2, 0.25) is 0 Å². The molecular weight excluding hydrogens is 288 g/mol. The Balaban J connectivity index is 1.69. The van der Waals surface area contributed by atoms with Crippen molar-refractivity contribution in [2.24, 2.45) is 0 Å². The van der Waals surface area contributed by atoms with Crippen LogP contribution in [0, 0.1) is 0 Å². The molecule has 114 valence electrons. The number of ether oxygens (including phenoxy) is 1. The number of rotatable bonds is 4. The molecule has 1 N–H and O–H groups in total. The van der Waals surface area contributed by atoms with Crippen LogP contribution in [0.4, 0.5) is 0 Å². The first-order valence-electron chi connectivity index (χ1n) is 7.43. The molecule has 0 aliphatic rings. The zero-order valence-electron chi connectivity index (χ0n) is 12.7. The first-order valence-corrected chi connectivity index (χ1v) is 7.43.